The van der Waals surface area contributed by atoms with E-state index in [1.165, 1.54) is 0 Å². The van der Waals surface area contributed by atoms with Gasteiger partial charge in [0.1, 0.15) is 0 Å². The lowest BCUT2D eigenvalue weighted by molar-refractivity contribution is 0.0939. The molecule has 1 aromatic heterocycles. The molecule has 0 aliphatic carbocycles. The Morgan fingerprint density at radius 1 is 1.59 bits per heavy atom. The fourth-order valence-corrected chi connectivity index (χ4v) is 1.72. The van der Waals surface area contributed by atoms with E-state index < -0.39 is 0 Å². The minimum Gasteiger partial charge on any atom is -0.350 e. The van der Waals surface area contributed by atoms with Crippen LogP contribution in [0.3, 0.4) is 0 Å². The molecule has 0 saturated carbocycles. The second-order valence-electron chi connectivity index (χ2n) is 4.04. The van der Waals surface area contributed by atoms with Gasteiger partial charge < -0.3 is 10.3 Å². The highest BCUT2D eigenvalue weighted by Gasteiger charge is 2.10. The first-order valence-electron chi connectivity index (χ1n) is 5.56. The number of hydrogen-bond donors (Lipinski definition) is 2. The van der Waals surface area contributed by atoms with Gasteiger partial charge in [0.15, 0.2) is 0 Å². The van der Waals surface area contributed by atoms with Crippen LogP contribution in [0.4, 0.5) is 0 Å². The third-order valence-electron chi connectivity index (χ3n) is 2.71. The lowest BCUT2D eigenvalue weighted by atomic mass is 10.1. The summed E-state index contributed by atoms with van der Waals surface area (Å²) in [6.07, 6.45) is 0.907. The van der Waals surface area contributed by atoms with Crippen LogP contribution < -0.4 is 5.32 Å². The van der Waals surface area contributed by atoms with Gasteiger partial charge in [0.05, 0.1) is 11.0 Å². The maximum Gasteiger partial charge on any atom is 0.251 e. The van der Waals surface area contributed by atoms with Crippen molar-refractivity contribution in [2.45, 2.75) is 26.3 Å². The van der Waals surface area contributed by atoms with E-state index in [1.807, 2.05) is 13.8 Å². The number of nitrogens with zero attached hydrogens (tertiary/aromatic N) is 1. The van der Waals surface area contributed by atoms with E-state index in [0.717, 1.165) is 17.5 Å². The fraction of sp³-hybridized carbons (Fsp3) is 0.333. The van der Waals surface area contributed by atoms with Crippen LogP contribution in [0, 0.1) is 0 Å². The summed E-state index contributed by atoms with van der Waals surface area (Å²) >= 11 is 5.75. The molecule has 0 spiro atoms. The highest BCUT2D eigenvalue weighted by Crippen LogP contribution is 2.16. The summed E-state index contributed by atoms with van der Waals surface area (Å²) in [7, 11) is 0. The largest absolute Gasteiger partial charge is 0.350 e. The number of amides is 1. The molecule has 0 saturated heterocycles. The van der Waals surface area contributed by atoms with E-state index in [-0.39, 0.29) is 11.9 Å². The summed E-state index contributed by atoms with van der Waals surface area (Å²) < 4.78 is 0. The van der Waals surface area contributed by atoms with Gasteiger partial charge >= 0.3 is 0 Å². The van der Waals surface area contributed by atoms with Gasteiger partial charge in [0, 0.05) is 11.6 Å². The van der Waals surface area contributed by atoms with Gasteiger partial charge in [0.2, 0.25) is 5.28 Å². The Labute approximate surface area is 104 Å². The number of carbonyl (C=O) groups is 1. The first-order chi connectivity index (χ1) is 8.10. The van der Waals surface area contributed by atoms with Gasteiger partial charge in [-0.1, -0.05) is 6.92 Å². The number of halogens is 1. The van der Waals surface area contributed by atoms with Crippen molar-refractivity contribution < 1.29 is 4.79 Å². The number of hydrogen-bond acceptors (Lipinski definition) is 2. The summed E-state index contributed by atoms with van der Waals surface area (Å²) in [4.78, 5) is 18.9. The predicted molar refractivity (Wildman–Crippen MR) is 68.3 cm³/mol. The van der Waals surface area contributed by atoms with Gasteiger partial charge in [0.25, 0.3) is 5.91 Å². The maximum absolute atomic E-state index is 11.9. The lowest BCUT2D eigenvalue weighted by Crippen LogP contribution is -2.31. The van der Waals surface area contributed by atoms with Crippen molar-refractivity contribution in [2.24, 2.45) is 0 Å². The van der Waals surface area contributed by atoms with Gasteiger partial charge in [-0.05, 0) is 43.1 Å². The van der Waals surface area contributed by atoms with Crippen molar-refractivity contribution in [1.29, 1.82) is 0 Å². The zero-order chi connectivity index (χ0) is 12.4. The molecule has 0 bridgehead atoms. The molecule has 0 aliphatic rings. The Hall–Kier alpha value is -1.55. The zero-order valence-corrected chi connectivity index (χ0v) is 10.5. The second-order valence-corrected chi connectivity index (χ2v) is 4.40. The maximum atomic E-state index is 11.9. The molecule has 17 heavy (non-hydrogen) atoms. The molecule has 0 aliphatic heterocycles. The van der Waals surface area contributed by atoms with Crippen LogP contribution in [0.5, 0.6) is 0 Å². The van der Waals surface area contributed by atoms with E-state index in [9.17, 15) is 4.79 Å². The van der Waals surface area contributed by atoms with Crippen molar-refractivity contribution in [3.05, 3.63) is 29.0 Å². The molecule has 1 atom stereocenters. The second kappa shape index (κ2) is 4.75. The Morgan fingerprint density at radius 3 is 3.06 bits per heavy atom. The third kappa shape index (κ3) is 2.58. The minimum atomic E-state index is -0.0769. The normalized spacial score (nSPS) is 12.6. The number of fused-ring (bicyclic) bond motifs is 1. The molecule has 2 aromatic rings. The summed E-state index contributed by atoms with van der Waals surface area (Å²) in [6.45, 7) is 4.01. The van der Waals surface area contributed by atoms with E-state index in [2.05, 4.69) is 15.3 Å². The molecule has 2 N–H and O–H groups in total. The molecule has 90 valence electrons. The third-order valence-corrected chi connectivity index (χ3v) is 2.88. The molecule has 1 aromatic carbocycles. The zero-order valence-electron chi connectivity index (χ0n) is 9.75. The van der Waals surface area contributed by atoms with Crippen LogP contribution in [0.15, 0.2) is 18.2 Å². The number of benzene rings is 1. The number of nitrogens with one attached hydrogen (secondary N) is 2. The van der Waals surface area contributed by atoms with Crippen molar-refractivity contribution in [3.8, 4) is 0 Å². The SMILES string of the molecule is CC[C@@H](C)NC(=O)c1ccc2nc(Cl)[nH]c2c1. The minimum absolute atomic E-state index is 0.0769. The number of H-pyrrole nitrogens is 1. The van der Waals surface area contributed by atoms with E-state index in [0.29, 0.717) is 10.8 Å². The standard InChI is InChI=1S/C12H14ClN3O/c1-3-7(2)14-11(17)8-4-5-9-10(6-8)16-12(13)15-9/h4-7H,3H2,1-2H3,(H,14,17)(H,15,16)/t7-/m1/s1. The van der Waals surface area contributed by atoms with Gasteiger partial charge in [-0.2, -0.15) is 0 Å². The first kappa shape index (κ1) is 11.9. The van der Waals surface area contributed by atoms with E-state index >= 15 is 0 Å². The van der Waals surface area contributed by atoms with Crippen molar-refractivity contribution in [3.63, 3.8) is 0 Å². The van der Waals surface area contributed by atoms with Crippen LogP contribution in [0.1, 0.15) is 30.6 Å². The van der Waals surface area contributed by atoms with Gasteiger partial charge in [-0.25, -0.2) is 4.98 Å². The smallest absolute Gasteiger partial charge is 0.251 e. The molecule has 0 radical (unpaired) electrons. The number of imidazole rings is 1. The number of rotatable bonds is 3. The van der Waals surface area contributed by atoms with E-state index in [1.54, 1.807) is 18.2 Å². The molecule has 0 fully saturated rings. The first-order valence-corrected chi connectivity index (χ1v) is 5.94. The fourth-order valence-electron chi connectivity index (χ4n) is 1.53. The van der Waals surface area contributed by atoms with Crippen LogP contribution in [0.25, 0.3) is 11.0 Å². The van der Waals surface area contributed by atoms with Crippen LogP contribution in [0.2, 0.25) is 5.28 Å². The number of carbonyl (C=O) groups excluding carboxylic acids is 1. The van der Waals surface area contributed by atoms with Crippen molar-refractivity contribution >= 4 is 28.5 Å². The molecule has 4 nitrogen and oxygen atoms in total. The Balaban J connectivity index is 2.26. The molecule has 1 amide bonds. The van der Waals surface area contributed by atoms with Gasteiger partial charge in [-0.3, -0.25) is 4.79 Å². The summed E-state index contributed by atoms with van der Waals surface area (Å²) in [5.41, 5.74) is 2.14. The molecule has 5 heteroatoms. The summed E-state index contributed by atoms with van der Waals surface area (Å²) in [5.74, 6) is -0.0769. The summed E-state index contributed by atoms with van der Waals surface area (Å²) in [6, 6.07) is 5.45. The predicted octanol–water partition coefficient (Wildman–Crippen LogP) is 2.74. The molecule has 1 heterocycles. The molecular formula is C12H14ClN3O. The van der Waals surface area contributed by atoms with Crippen molar-refractivity contribution in [2.75, 3.05) is 0 Å². The quantitative estimate of drug-likeness (QED) is 0.881. The number of aromatic amines is 1. The van der Waals surface area contributed by atoms with E-state index in [4.69, 9.17) is 11.6 Å². The Kier molecular flexibility index (Phi) is 3.33. The van der Waals surface area contributed by atoms with Crippen molar-refractivity contribution in [1.82, 2.24) is 15.3 Å². The lowest BCUT2D eigenvalue weighted by Gasteiger charge is -2.11. The molecule has 0 unspecified atom stereocenters. The molecular weight excluding hydrogens is 238 g/mol. The summed E-state index contributed by atoms with van der Waals surface area (Å²) in [5, 5.41) is 3.24. The van der Waals surface area contributed by atoms with Gasteiger partial charge in [-0.15, -0.1) is 0 Å². The topological polar surface area (TPSA) is 57.8 Å². The Bertz CT molecular complexity index is 550. The molecule has 2 rings (SSSR count). The highest BCUT2D eigenvalue weighted by molar-refractivity contribution is 6.29. The van der Waals surface area contributed by atoms with Crippen LogP contribution in [-0.4, -0.2) is 21.9 Å². The average molecular weight is 252 g/mol. The number of aromatic nitrogens is 2. The van der Waals surface area contributed by atoms with Crippen LogP contribution >= 0.6 is 11.6 Å². The Morgan fingerprint density at radius 2 is 2.35 bits per heavy atom. The highest BCUT2D eigenvalue weighted by atomic mass is 35.5. The monoisotopic (exact) mass is 251 g/mol. The van der Waals surface area contributed by atoms with Crippen LogP contribution in [-0.2, 0) is 0 Å². The average Bonchev–Trinajstić information content (AvgIpc) is 2.67.